The molecule has 0 spiro atoms. The van der Waals surface area contributed by atoms with Gasteiger partial charge >= 0.3 is 10.4 Å². The van der Waals surface area contributed by atoms with Gasteiger partial charge in [-0.15, -0.1) is 0 Å². The molecule has 0 saturated carbocycles. The Morgan fingerprint density at radius 3 is 1.12 bits per heavy atom. The average molecular weight is 192 g/mol. The predicted octanol–water partition coefficient (Wildman–Crippen LogP) is -1.32. The molecule has 6 nitrogen and oxygen atoms in total. The van der Waals surface area contributed by atoms with Crippen LogP contribution in [0.2, 0.25) is 0 Å². The van der Waals surface area contributed by atoms with Crippen LogP contribution in [-0.4, -0.2) is 23.0 Å². The molecule has 57 valence electrons. The van der Waals surface area contributed by atoms with E-state index in [-0.39, 0.29) is 28.4 Å². The summed E-state index contributed by atoms with van der Waals surface area (Å²) in [6.07, 6.45) is 0. The smallest absolute Gasteiger partial charge is 0.394 e. The van der Waals surface area contributed by atoms with Crippen molar-refractivity contribution in [2.24, 2.45) is 0 Å². The van der Waals surface area contributed by atoms with Crippen LogP contribution in [0.1, 0.15) is 0 Å². The second-order valence-electron chi connectivity index (χ2n) is 0.448. The standard InChI is InChI=1S/Co.H3N.H2O4S.H2O/c;;1-5(2,3)4;/h;1H3;(H2,1,2,3,4);1H2. The van der Waals surface area contributed by atoms with Crippen LogP contribution in [0.15, 0.2) is 0 Å². The monoisotopic (exact) mass is 192 g/mol. The molecular formula is H7CoNO5S. The van der Waals surface area contributed by atoms with Crippen molar-refractivity contribution < 1.29 is 39.8 Å². The molecule has 0 saturated heterocycles. The van der Waals surface area contributed by atoms with E-state index < -0.39 is 10.4 Å². The molecule has 0 aromatic heterocycles. The van der Waals surface area contributed by atoms with Crippen molar-refractivity contribution in [1.82, 2.24) is 6.15 Å². The third kappa shape index (κ3) is 2010. The molecule has 0 aliphatic heterocycles. The van der Waals surface area contributed by atoms with Crippen molar-refractivity contribution in [2.45, 2.75) is 0 Å². The average Bonchev–Trinajstić information content (AvgIpc) is 0.722. The maximum atomic E-state index is 8.74. The van der Waals surface area contributed by atoms with Crippen LogP contribution in [-0.2, 0) is 27.2 Å². The molecule has 0 rings (SSSR count). The van der Waals surface area contributed by atoms with Crippen molar-refractivity contribution in [3.05, 3.63) is 0 Å². The third-order valence-corrected chi connectivity index (χ3v) is 0. The van der Waals surface area contributed by atoms with Crippen molar-refractivity contribution >= 4 is 10.4 Å². The number of hydrogen-bond donors (Lipinski definition) is 3. The Morgan fingerprint density at radius 2 is 1.12 bits per heavy atom. The summed E-state index contributed by atoms with van der Waals surface area (Å²) >= 11 is 0. The van der Waals surface area contributed by atoms with Crippen molar-refractivity contribution in [1.29, 1.82) is 0 Å². The van der Waals surface area contributed by atoms with Gasteiger partial charge in [0.05, 0.1) is 0 Å². The summed E-state index contributed by atoms with van der Waals surface area (Å²) in [6.45, 7) is 0. The minimum absolute atomic E-state index is 0. The summed E-state index contributed by atoms with van der Waals surface area (Å²) in [4.78, 5) is 0. The van der Waals surface area contributed by atoms with Crippen molar-refractivity contribution in [3.8, 4) is 0 Å². The largest absolute Gasteiger partial charge is 0.412 e. The van der Waals surface area contributed by atoms with E-state index in [0.29, 0.717) is 0 Å². The molecule has 0 bridgehead atoms. The fourth-order valence-corrected chi connectivity index (χ4v) is 0. The van der Waals surface area contributed by atoms with Crippen LogP contribution in [0.4, 0.5) is 0 Å². The Bertz CT molecular complexity index is 95.6. The minimum atomic E-state index is -4.67. The van der Waals surface area contributed by atoms with Crippen LogP contribution in [0.5, 0.6) is 0 Å². The fraction of sp³-hybridized carbons (Fsp3) is 0. The van der Waals surface area contributed by atoms with E-state index in [1.54, 1.807) is 0 Å². The minimum Gasteiger partial charge on any atom is -0.412 e. The Balaban J connectivity index is -0.0000000267. The maximum Gasteiger partial charge on any atom is 0.394 e. The second-order valence-corrected chi connectivity index (χ2v) is 1.34. The maximum absolute atomic E-state index is 8.74. The third-order valence-electron chi connectivity index (χ3n) is 0. The van der Waals surface area contributed by atoms with E-state index >= 15 is 0 Å². The first-order valence-electron chi connectivity index (χ1n) is 0.698. The van der Waals surface area contributed by atoms with Crippen LogP contribution in [0.3, 0.4) is 0 Å². The van der Waals surface area contributed by atoms with E-state index in [0.717, 1.165) is 0 Å². The van der Waals surface area contributed by atoms with E-state index in [4.69, 9.17) is 17.5 Å². The van der Waals surface area contributed by atoms with Gasteiger partial charge in [0.25, 0.3) is 0 Å². The molecule has 0 aliphatic carbocycles. The van der Waals surface area contributed by atoms with Crippen molar-refractivity contribution in [2.75, 3.05) is 0 Å². The molecule has 0 amide bonds. The topological polar surface area (TPSA) is 141 Å². The molecule has 0 fully saturated rings. The van der Waals surface area contributed by atoms with Crippen LogP contribution >= 0.6 is 0 Å². The second kappa shape index (κ2) is 7.30. The summed E-state index contributed by atoms with van der Waals surface area (Å²) in [6, 6.07) is 0. The zero-order chi connectivity index (χ0) is 4.50. The summed E-state index contributed by atoms with van der Waals surface area (Å²) in [7, 11) is -4.67. The number of rotatable bonds is 0. The molecule has 0 aromatic rings. The SMILES string of the molecule is N.O.O=S(=O)(O)O.[Co]. The van der Waals surface area contributed by atoms with Gasteiger partial charge < -0.3 is 11.6 Å². The molecule has 0 aliphatic rings. The van der Waals surface area contributed by atoms with Crippen LogP contribution in [0, 0.1) is 0 Å². The molecule has 1 radical (unpaired) electrons. The van der Waals surface area contributed by atoms with Gasteiger partial charge in [0.15, 0.2) is 0 Å². The van der Waals surface area contributed by atoms with Gasteiger partial charge in [0, 0.05) is 16.8 Å². The normalized spacial score (nSPS) is 7.25. The first-order valence-corrected chi connectivity index (χ1v) is 2.10. The quantitative estimate of drug-likeness (QED) is 0.408. The summed E-state index contributed by atoms with van der Waals surface area (Å²) in [5.41, 5.74) is 0. The van der Waals surface area contributed by atoms with E-state index in [2.05, 4.69) is 0 Å². The zero-order valence-corrected chi connectivity index (χ0v) is 5.52. The molecule has 0 aromatic carbocycles. The van der Waals surface area contributed by atoms with Gasteiger partial charge in [-0.2, -0.15) is 8.42 Å². The van der Waals surface area contributed by atoms with Gasteiger partial charge in [-0.05, 0) is 0 Å². The van der Waals surface area contributed by atoms with Gasteiger partial charge in [0.1, 0.15) is 0 Å². The summed E-state index contributed by atoms with van der Waals surface area (Å²) in [5, 5.41) is 0. The molecule has 0 unspecified atom stereocenters. The predicted molar refractivity (Wildman–Crippen MR) is 22.8 cm³/mol. The molecule has 7 N–H and O–H groups in total. The van der Waals surface area contributed by atoms with E-state index in [9.17, 15) is 0 Å². The molecule has 0 atom stereocenters. The number of hydrogen-bond acceptors (Lipinski definition) is 3. The van der Waals surface area contributed by atoms with E-state index in [1.807, 2.05) is 0 Å². The van der Waals surface area contributed by atoms with Crippen LogP contribution in [0.25, 0.3) is 0 Å². The zero-order valence-electron chi connectivity index (χ0n) is 3.66. The van der Waals surface area contributed by atoms with Gasteiger partial charge in [-0.25, -0.2) is 0 Å². The molecule has 8 heavy (non-hydrogen) atoms. The van der Waals surface area contributed by atoms with E-state index in [1.165, 1.54) is 0 Å². The molecule has 8 heteroatoms. The fourth-order valence-electron chi connectivity index (χ4n) is 0. The Morgan fingerprint density at radius 1 is 1.12 bits per heavy atom. The van der Waals surface area contributed by atoms with Crippen LogP contribution < -0.4 is 6.15 Å². The van der Waals surface area contributed by atoms with Crippen molar-refractivity contribution in [3.63, 3.8) is 0 Å². The molecule has 0 heterocycles. The first kappa shape index (κ1) is 23.9. The summed E-state index contributed by atoms with van der Waals surface area (Å²) in [5.74, 6) is 0. The van der Waals surface area contributed by atoms with Gasteiger partial charge in [-0.3, -0.25) is 9.11 Å². The van der Waals surface area contributed by atoms with Gasteiger partial charge in [-0.1, -0.05) is 0 Å². The summed E-state index contributed by atoms with van der Waals surface area (Å²) < 4.78 is 31.6. The Hall–Kier alpha value is 0.296. The Kier molecular flexibility index (Phi) is 21.8. The van der Waals surface area contributed by atoms with Gasteiger partial charge in [0.2, 0.25) is 0 Å². The molecular weight excluding hydrogens is 185 g/mol. The first-order chi connectivity index (χ1) is 2.00. The Labute approximate surface area is 56.9 Å².